The monoisotopic (exact) mass is 307 g/mol. The van der Waals surface area contributed by atoms with Gasteiger partial charge in [-0.15, -0.1) is 0 Å². The van der Waals surface area contributed by atoms with Gasteiger partial charge in [0.2, 0.25) is 11.2 Å². The predicted molar refractivity (Wildman–Crippen MR) is 65.8 cm³/mol. The summed E-state index contributed by atoms with van der Waals surface area (Å²) in [6.07, 6.45) is -1.78. The van der Waals surface area contributed by atoms with Crippen LogP contribution in [0.1, 0.15) is 30.5 Å². The first-order valence-electron chi connectivity index (χ1n) is 6.17. The van der Waals surface area contributed by atoms with Crippen molar-refractivity contribution in [3.63, 3.8) is 0 Å². The number of nitrogens with zero attached hydrogens (tertiary/aromatic N) is 2. The van der Waals surface area contributed by atoms with Gasteiger partial charge in [-0.1, -0.05) is 6.42 Å². The highest BCUT2D eigenvalue weighted by molar-refractivity contribution is 6.28. The zero-order valence-electron chi connectivity index (χ0n) is 10.5. The van der Waals surface area contributed by atoms with Gasteiger partial charge >= 0.3 is 6.18 Å². The molecule has 0 saturated heterocycles. The third-order valence-electron chi connectivity index (χ3n) is 3.62. The highest BCUT2D eigenvalue weighted by Gasteiger charge is 2.38. The molecule has 1 heterocycles. The molecule has 0 unspecified atom stereocenters. The van der Waals surface area contributed by atoms with E-state index in [0.29, 0.717) is 19.0 Å². The molecule has 4 nitrogen and oxygen atoms in total. The molecule has 0 aromatic carbocycles. The van der Waals surface area contributed by atoms with E-state index in [4.69, 9.17) is 17.3 Å². The van der Waals surface area contributed by atoms with Crippen LogP contribution < -0.4 is 5.73 Å². The molecule has 0 bridgehead atoms. The lowest BCUT2D eigenvalue weighted by Gasteiger charge is -2.18. The minimum Gasteiger partial charge on any atom is -0.369 e. The number of carbonyl (C=O) groups is 1. The standard InChI is InChI=1S/C12H13ClF3N3O/c13-11-18-5-8(12(14,15)16)9(19-11)4-6-2-1-3-7(6)10(17)20/h5-7H,1-4H2,(H2,17,20)/t6-,7-/m0/s1. The topological polar surface area (TPSA) is 68.9 Å². The number of rotatable bonds is 3. The average Bonchev–Trinajstić information content (AvgIpc) is 2.75. The molecule has 0 spiro atoms. The van der Waals surface area contributed by atoms with Crippen LogP contribution in [0, 0.1) is 11.8 Å². The molecule has 0 aliphatic heterocycles. The Balaban J connectivity index is 2.28. The van der Waals surface area contributed by atoms with Gasteiger partial charge in [0.1, 0.15) is 0 Å². The summed E-state index contributed by atoms with van der Waals surface area (Å²) in [5, 5.41) is -0.235. The Morgan fingerprint density at radius 3 is 2.75 bits per heavy atom. The van der Waals surface area contributed by atoms with Crippen LogP contribution in [0.4, 0.5) is 13.2 Å². The molecule has 1 amide bonds. The van der Waals surface area contributed by atoms with Gasteiger partial charge in [0.15, 0.2) is 0 Å². The van der Waals surface area contributed by atoms with Gasteiger partial charge in [-0.25, -0.2) is 9.97 Å². The van der Waals surface area contributed by atoms with E-state index in [0.717, 1.165) is 6.42 Å². The highest BCUT2D eigenvalue weighted by atomic mass is 35.5. The van der Waals surface area contributed by atoms with E-state index in [9.17, 15) is 18.0 Å². The smallest absolute Gasteiger partial charge is 0.369 e. The number of nitrogens with two attached hydrogens (primary N) is 1. The Labute approximate surface area is 118 Å². The Morgan fingerprint density at radius 1 is 1.45 bits per heavy atom. The molecule has 0 radical (unpaired) electrons. The van der Waals surface area contributed by atoms with E-state index < -0.39 is 23.6 Å². The molecule has 1 saturated carbocycles. The first-order chi connectivity index (χ1) is 9.29. The number of carbonyl (C=O) groups excluding carboxylic acids is 1. The number of aromatic nitrogens is 2. The minimum absolute atomic E-state index is 0.0324. The van der Waals surface area contributed by atoms with E-state index in [1.54, 1.807) is 0 Å². The molecule has 2 N–H and O–H groups in total. The van der Waals surface area contributed by atoms with Crippen molar-refractivity contribution in [2.24, 2.45) is 17.6 Å². The van der Waals surface area contributed by atoms with Crippen molar-refractivity contribution in [1.82, 2.24) is 9.97 Å². The van der Waals surface area contributed by atoms with Gasteiger partial charge < -0.3 is 5.73 Å². The number of primary amides is 1. The summed E-state index contributed by atoms with van der Waals surface area (Å²) in [5.41, 5.74) is 4.20. The minimum atomic E-state index is -4.54. The van der Waals surface area contributed by atoms with E-state index >= 15 is 0 Å². The zero-order valence-corrected chi connectivity index (χ0v) is 11.2. The average molecular weight is 308 g/mol. The lowest BCUT2D eigenvalue weighted by atomic mass is 9.90. The van der Waals surface area contributed by atoms with E-state index in [1.165, 1.54) is 0 Å². The third kappa shape index (κ3) is 3.20. The molecule has 20 heavy (non-hydrogen) atoms. The van der Waals surface area contributed by atoms with Crippen LogP contribution in [0.2, 0.25) is 5.28 Å². The third-order valence-corrected chi connectivity index (χ3v) is 3.81. The SMILES string of the molecule is NC(=O)[C@H]1CCC[C@H]1Cc1nc(Cl)ncc1C(F)(F)F. The summed E-state index contributed by atoms with van der Waals surface area (Å²) in [5.74, 6) is -1.09. The van der Waals surface area contributed by atoms with Crippen molar-refractivity contribution in [3.8, 4) is 0 Å². The number of amides is 1. The van der Waals surface area contributed by atoms with Crippen molar-refractivity contribution in [2.75, 3.05) is 0 Å². The molecular weight excluding hydrogens is 295 g/mol. The fourth-order valence-corrected chi connectivity index (χ4v) is 2.84. The van der Waals surface area contributed by atoms with Gasteiger partial charge in [0.05, 0.1) is 11.3 Å². The van der Waals surface area contributed by atoms with Gasteiger partial charge in [-0.05, 0) is 36.8 Å². The van der Waals surface area contributed by atoms with Crippen molar-refractivity contribution in [1.29, 1.82) is 0 Å². The van der Waals surface area contributed by atoms with Crippen LogP contribution in [0.5, 0.6) is 0 Å². The second kappa shape index (κ2) is 5.55. The molecule has 110 valence electrons. The number of hydrogen-bond acceptors (Lipinski definition) is 3. The van der Waals surface area contributed by atoms with E-state index in [2.05, 4.69) is 9.97 Å². The van der Waals surface area contributed by atoms with Crippen molar-refractivity contribution in [3.05, 3.63) is 22.7 Å². The Hall–Kier alpha value is -1.37. The molecule has 1 aliphatic rings. The first kappa shape index (κ1) is 15.0. The maximum Gasteiger partial charge on any atom is 0.419 e. The maximum atomic E-state index is 12.9. The normalized spacial score (nSPS) is 23.0. The van der Waals surface area contributed by atoms with Crippen LogP contribution in [-0.4, -0.2) is 15.9 Å². The van der Waals surface area contributed by atoms with E-state index in [-0.39, 0.29) is 23.3 Å². The van der Waals surface area contributed by atoms with Crippen LogP contribution in [0.25, 0.3) is 0 Å². The molecule has 1 aromatic rings. The molecule has 1 fully saturated rings. The van der Waals surface area contributed by atoms with Crippen molar-refractivity contribution < 1.29 is 18.0 Å². The second-order valence-corrected chi connectivity index (χ2v) is 5.24. The van der Waals surface area contributed by atoms with Gasteiger partial charge in [-0.2, -0.15) is 13.2 Å². The highest BCUT2D eigenvalue weighted by Crippen LogP contribution is 2.37. The predicted octanol–water partition coefficient (Wildman–Crippen LogP) is 2.59. The lowest BCUT2D eigenvalue weighted by molar-refractivity contribution is -0.138. The summed E-state index contributed by atoms with van der Waals surface area (Å²) < 4.78 is 38.7. The quantitative estimate of drug-likeness (QED) is 0.873. The number of hydrogen-bond donors (Lipinski definition) is 1. The molecule has 1 aliphatic carbocycles. The molecule has 2 atom stereocenters. The van der Waals surface area contributed by atoms with Crippen LogP contribution in [0.3, 0.4) is 0 Å². The van der Waals surface area contributed by atoms with Gasteiger partial charge in [0.25, 0.3) is 0 Å². The summed E-state index contributed by atoms with van der Waals surface area (Å²) in [7, 11) is 0. The summed E-state index contributed by atoms with van der Waals surface area (Å²) in [6, 6.07) is 0. The van der Waals surface area contributed by atoms with E-state index in [1.807, 2.05) is 0 Å². The number of alkyl halides is 3. The van der Waals surface area contributed by atoms with Gasteiger partial charge in [0, 0.05) is 12.1 Å². The molecule has 8 heteroatoms. The first-order valence-corrected chi connectivity index (χ1v) is 6.54. The second-order valence-electron chi connectivity index (χ2n) is 4.90. The fraction of sp³-hybridized carbons (Fsp3) is 0.583. The van der Waals surface area contributed by atoms with Crippen LogP contribution >= 0.6 is 11.6 Å². The molecular formula is C12H13ClF3N3O. The largest absolute Gasteiger partial charge is 0.419 e. The Bertz CT molecular complexity index is 521. The van der Waals surface area contributed by atoms with Crippen molar-refractivity contribution >= 4 is 17.5 Å². The Morgan fingerprint density at radius 2 is 2.15 bits per heavy atom. The van der Waals surface area contributed by atoms with Crippen molar-refractivity contribution in [2.45, 2.75) is 31.9 Å². The maximum absolute atomic E-state index is 12.9. The summed E-state index contributed by atoms with van der Waals surface area (Å²) >= 11 is 5.57. The fourth-order valence-electron chi connectivity index (χ4n) is 2.69. The lowest BCUT2D eigenvalue weighted by Crippen LogP contribution is -2.28. The zero-order chi connectivity index (χ0) is 14.9. The number of halogens is 4. The molecule has 1 aromatic heterocycles. The summed E-state index contributed by atoms with van der Waals surface area (Å²) in [4.78, 5) is 18.3. The van der Waals surface area contributed by atoms with Crippen LogP contribution in [0.15, 0.2) is 6.20 Å². The van der Waals surface area contributed by atoms with Gasteiger partial charge in [-0.3, -0.25) is 4.79 Å². The Kier molecular flexibility index (Phi) is 4.17. The molecule has 2 rings (SSSR count). The van der Waals surface area contributed by atoms with Crippen LogP contribution in [-0.2, 0) is 17.4 Å². The summed E-state index contributed by atoms with van der Waals surface area (Å²) in [6.45, 7) is 0.